The van der Waals surface area contributed by atoms with Gasteiger partial charge < -0.3 is 5.32 Å². The molecule has 1 aromatic rings. The van der Waals surface area contributed by atoms with E-state index in [-0.39, 0.29) is 0 Å². The number of aromatic amines is 1. The Hall–Kier alpha value is -0.900. The quantitative estimate of drug-likeness (QED) is 0.595. The van der Waals surface area contributed by atoms with E-state index in [1.54, 1.807) is 6.33 Å². The SMILES string of the molecule is CCNCc1nc[nH]n1. The molecular formula is C5H10N4. The summed E-state index contributed by atoms with van der Waals surface area (Å²) in [6, 6.07) is 0. The van der Waals surface area contributed by atoms with Gasteiger partial charge in [-0.2, -0.15) is 5.10 Å². The molecule has 0 amide bonds. The lowest BCUT2D eigenvalue weighted by Gasteiger charge is -1.92. The third kappa shape index (κ3) is 1.81. The molecular weight excluding hydrogens is 116 g/mol. The number of nitrogens with zero attached hydrogens (tertiary/aromatic N) is 2. The van der Waals surface area contributed by atoms with Gasteiger partial charge in [0.1, 0.15) is 6.33 Å². The predicted molar refractivity (Wildman–Crippen MR) is 33.8 cm³/mol. The molecule has 2 N–H and O–H groups in total. The van der Waals surface area contributed by atoms with Crippen LogP contribution in [0, 0.1) is 0 Å². The van der Waals surface area contributed by atoms with Gasteiger partial charge in [-0.1, -0.05) is 6.92 Å². The molecule has 1 heterocycles. The fraction of sp³-hybridized carbons (Fsp3) is 0.600. The fourth-order valence-electron chi connectivity index (χ4n) is 0.558. The first-order valence-corrected chi connectivity index (χ1v) is 2.99. The molecule has 0 spiro atoms. The van der Waals surface area contributed by atoms with Crippen LogP contribution in [0.2, 0.25) is 0 Å². The van der Waals surface area contributed by atoms with Gasteiger partial charge in [0.15, 0.2) is 5.82 Å². The molecule has 0 fully saturated rings. The maximum Gasteiger partial charge on any atom is 0.164 e. The zero-order valence-corrected chi connectivity index (χ0v) is 5.39. The van der Waals surface area contributed by atoms with E-state index < -0.39 is 0 Å². The largest absolute Gasteiger partial charge is 0.310 e. The number of hydrogen-bond acceptors (Lipinski definition) is 3. The zero-order chi connectivity index (χ0) is 6.53. The van der Waals surface area contributed by atoms with Crippen LogP contribution in [-0.2, 0) is 6.54 Å². The van der Waals surface area contributed by atoms with Crippen molar-refractivity contribution in [2.45, 2.75) is 13.5 Å². The lowest BCUT2D eigenvalue weighted by atomic mass is 10.6. The van der Waals surface area contributed by atoms with E-state index in [2.05, 4.69) is 20.5 Å². The molecule has 0 aromatic carbocycles. The molecule has 4 heteroatoms. The normalized spacial score (nSPS) is 9.89. The number of rotatable bonds is 3. The van der Waals surface area contributed by atoms with Gasteiger partial charge in [-0.15, -0.1) is 0 Å². The first-order chi connectivity index (χ1) is 4.43. The van der Waals surface area contributed by atoms with Crippen molar-refractivity contribution in [1.29, 1.82) is 0 Å². The van der Waals surface area contributed by atoms with Crippen molar-refractivity contribution in [2.24, 2.45) is 0 Å². The van der Waals surface area contributed by atoms with Gasteiger partial charge in [0.25, 0.3) is 0 Å². The minimum absolute atomic E-state index is 0.750. The van der Waals surface area contributed by atoms with E-state index in [9.17, 15) is 0 Å². The number of aromatic nitrogens is 3. The second-order valence-corrected chi connectivity index (χ2v) is 1.70. The van der Waals surface area contributed by atoms with Crippen LogP contribution >= 0.6 is 0 Å². The zero-order valence-electron chi connectivity index (χ0n) is 5.39. The highest BCUT2D eigenvalue weighted by Gasteiger charge is 1.90. The summed E-state index contributed by atoms with van der Waals surface area (Å²) in [7, 11) is 0. The topological polar surface area (TPSA) is 53.6 Å². The summed E-state index contributed by atoms with van der Waals surface area (Å²) in [6.45, 7) is 3.75. The molecule has 9 heavy (non-hydrogen) atoms. The van der Waals surface area contributed by atoms with Gasteiger partial charge in [0.05, 0.1) is 6.54 Å². The van der Waals surface area contributed by atoms with Crippen molar-refractivity contribution in [2.75, 3.05) is 6.54 Å². The predicted octanol–water partition coefficient (Wildman–Crippen LogP) is -0.0858. The molecule has 0 radical (unpaired) electrons. The number of H-pyrrole nitrogens is 1. The van der Waals surface area contributed by atoms with Crippen molar-refractivity contribution in [3.63, 3.8) is 0 Å². The van der Waals surface area contributed by atoms with E-state index in [0.29, 0.717) is 0 Å². The Balaban J connectivity index is 2.30. The first-order valence-electron chi connectivity index (χ1n) is 2.99. The van der Waals surface area contributed by atoms with Crippen LogP contribution in [0.3, 0.4) is 0 Å². The monoisotopic (exact) mass is 126 g/mol. The molecule has 0 aliphatic rings. The van der Waals surface area contributed by atoms with E-state index in [1.807, 2.05) is 6.92 Å². The molecule has 0 saturated heterocycles. The highest BCUT2D eigenvalue weighted by atomic mass is 15.2. The average Bonchev–Trinajstić information content (AvgIpc) is 2.34. The van der Waals surface area contributed by atoms with Gasteiger partial charge in [-0.05, 0) is 6.54 Å². The maximum absolute atomic E-state index is 3.92. The van der Waals surface area contributed by atoms with E-state index in [1.165, 1.54) is 0 Å². The summed E-state index contributed by atoms with van der Waals surface area (Å²) >= 11 is 0. The summed E-state index contributed by atoms with van der Waals surface area (Å²) in [4.78, 5) is 3.92. The Morgan fingerprint density at radius 2 is 2.67 bits per heavy atom. The molecule has 0 aliphatic carbocycles. The van der Waals surface area contributed by atoms with Crippen LogP contribution in [-0.4, -0.2) is 21.7 Å². The smallest absolute Gasteiger partial charge is 0.164 e. The van der Waals surface area contributed by atoms with Crippen molar-refractivity contribution in [3.05, 3.63) is 12.2 Å². The van der Waals surface area contributed by atoms with Crippen molar-refractivity contribution in [1.82, 2.24) is 20.5 Å². The highest BCUT2D eigenvalue weighted by Crippen LogP contribution is 1.81. The second-order valence-electron chi connectivity index (χ2n) is 1.70. The molecule has 0 saturated carbocycles. The third-order valence-electron chi connectivity index (χ3n) is 0.998. The van der Waals surface area contributed by atoms with E-state index >= 15 is 0 Å². The van der Waals surface area contributed by atoms with Crippen LogP contribution in [0.25, 0.3) is 0 Å². The Morgan fingerprint density at radius 1 is 1.78 bits per heavy atom. The minimum Gasteiger partial charge on any atom is -0.310 e. The molecule has 1 aromatic heterocycles. The third-order valence-corrected chi connectivity index (χ3v) is 0.998. The van der Waals surface area contributed by atoms with Crippen LogP contribution in [0.5, 0.6) is 0 Å². The Kier molecular flexibility index (Phi) is 2.21. The number of hydrogen-bond donors (Lipinski definition) is 2. The molecule has 4 nitrogen and oxygen atoms in total. The summed E-state index contributed by atoms with van der Waals surface area (Å²) in [6.07, 6.45) is 1.58. The van der Waals surface area contributed by atoms with Gasteiger partial charge in [0, 0.05) is 0 Å². The van der Waals surface area contributed by atoms with Crippen LogP contribution in [0.4, 0.5) is 0 Å². The van der Waals surface area contributed by atoms with Gasteiger partial charge in [0.2, 0.25) is 0 Å². The van der Waals surface area contributed by atoms with Crippen LogP contribution < -0.4 is 5.32 Å². The highest BCUT2D eigenvalue weighted by molar-refractivity contribution is 4.77. The average molecular weight is 126 g/mol. The standard InChI is InChI=1S/C5H10N4/c1-2-6-3-5-7-4-8-9-5/h4,6H,2-3H2,1H3,(H,7,8,9). The van der Waals surface area contributed by atoms with Crippen molar-refractivity contribution in [3.8, 4) is 0 Å². The second kappa shape index (κ2) is 3.19. The first kappa shape index (κ1) is 6.22. The molecule has 0 atom stereocenters. The summed E-state index contributed by atoms with van der Waals surface area (Å²) in [5.41, 5.74) is 0. The Bertz CT molecular complexity index is 146. The van der Waals surface area contributed by atoms with E-state index in [0.717, 1.165) is 18.9 Å². The van der Waals surface area contributed by atoms with Gasteiger partial charge >= 0.3 is 0 Å². The van der Waals surface area contributed by atoms with Crippen LogP contribution in [0.1, 0.15) is 12.7 Å². The van der Waals surface area contributed by atoms with Crippen LogP contribution in [0.15, 0.2) is 6.33 Å². The number of nitrogens with one attached hydrogen (secondary N) is 2. The summed E-state index contributed by atoms with van der Waals surface area (Å²) in [5.74, 6) is 0.817. The molecule has 0 bridgehead atoms. The maximum atomic E-state index is 3.92. The fourth-order valence-corrected chi connectivity index (χ4v) is 0.558. The van der Waals surface area contributed by atoms with E-state index in [4.69, 9.17) is 0 Å². The lowest BCUT2D eigenvalue weighted by molar-refractivity contribution is 0.693. The van der Waals surface area contributed by atoms with Gasteiger partial charge in [-0.25, -0.2) is 4.98 Å². The lowest BCUT2D eigenvalue weighted by Crippen LogP contribution is -2.12. The van der Waals surface area contributed by atoms with Gasteiger partial charge in [-0.3, -0.25) is 5.10 Å². The molecule has 1 rings (SSSR count). The minimum atomic E-state index is 0.750. The molecule has 0 unspecified atom stereocenters. The summed E-state index contributed by atoms with van der Waals surface area (Å²) in [5, 5.41) is 9.60. The van der Waals surface area contributed by atoms with Crippen molar-refractivity contribution >= 4 is 0 Å². The Labute approximate surface area is 53.7 Å². The summed E-state index contributed by atoms with van der Waals surface area (Å²) < 4.78 is 0. The molecule has 0 aliphatic heterocycles. The van der Waals surface area contributed by atoms with Crippen molar-refractivity contribution < 1.29 is 0 Å². The Morgan fingerprint density at radius 3 is 3.22 bits per heavy atom. The molecule has 50 valence electrons.